The lowest BCUT2D eigenvalue weighted by Crippen LogP contribution is -2.22. The zero-order valence-corrected chi connectivity index (χ0v) is 13.4. The summed E-state index contributed by atoms with van der Waals surface area (Å²) in [6.45, 7) is 5.57. The topological polar surface area (TPSA) is 34.2 Å². The van der Waals surface area contributed by atoms with E-state index in [4.69, 9.17) is 4.74 Å². The van der Waals surface area contributed by atoms with Crippen molar-refractivity contribution in [3.05, 3.63) is 44.7 Å². The fourth-order valence-corrected chi connectivity index (χ4v) is 2.57. The van der Waals surface area contributed by atoms with Gasteiger partial charge in [-0.1, -0.05) is 19.9 Å². The molecule has 2 rings (SSSR count). The van der Waals surface area contributed by atoms with E-state index in [1.165, 1.54) is 4.88 Å². The predicted octanol–water partition coefficient (Wildman–Crippen LogP) is 3.98. The van der Waals surface area contributed by atoms with E-state index in [1.807, 2.05) is 12.1 Å². The third-order valence-electron chi connectivity index (χ3n) is 2.52. The Balaban J connectivity index is 2.05. The van der Waals surface area contributed by atoms with Crippen LogP contribution in [-0.2, 0) is 13.2 Å². The lowest BCUT2D eigenvalue weighted by Gasteiger charge is -2.12. The fraction of sp³-hybridized carbons (Fsp3) is 0.357. The van der Waals surface area contributed by atoms with E-state index in [1.54, 1.807) is 17.5 Å². The number of aromatic nitrogens is 1. The molecule has 0 bridgehead atoms. The molecule has 0 fully saturated rings. The first-order chi connectivity index (χ1) is 9.15. The van der Waals surface area contributed by atoms with E-state index in [9.17, 15) is 0 Å². The minimum absolute atomic E-state index is 0.434. The number of hydrogen-bond acceptors (Lipinski definition) is 4. The van der Waals surface area contributed by atoms with Crippen molar-refractivity contribution in [1.82, 2.24) is 10.3 Å². The van der Waals surface area contributed by atoms with Crippen molar-refractivity contribution >= 4 is 27.3 Å². The molecule has 5 heteroatoms. The minimum atomic E-state index is 0.434. The molecule has 0 spiro atoms. The Morgan fingerprint density at radius 3 is 3.00 bits per heavy atom. The lowest BCUT2D eigenvalue weighted by molar-refractivity contribution is 0.292. The molecule has 0 aromatic carbocycles. The Labute approximate surface area is 126 Å². The molecule has 0 unspecified atom stereocenters. The average Bonchev–Trinajstić information content (AvgIpc) is 2.88. The molecule has 0 aliphatic carbocycles. The standard InChI is InChI=1S/C14H17BrN2OS/c1-10(2)16-7-11-6-12(15)8-17-14(11)18-9-13-4-3-5-19-13/h3-6,8,10,16H,7,9H2,1-2H3. The van der Waals surface area contributed by atoms with Crippen LogP contribution in [0.25, 0.3) is 0 Å². The first-order valence-corrected chi connectivity index (χ1v) is 7.85. The highest BCUT2D eigenvalue weighted by Crippen LogP contribution is 2.22. The maximum atomic E-state index is 5.81. The van der Waals surface area contributed by atoms with Crippen LogP contribution >= 0.6 is 27.3 Å². The van der Waals surface area contributed by atoms with E-state index in [2.05, 4.69) is 51.5 Å². The molecule has 19 heavy (non-hydrogen) atoms. The van der Waals surface area contributed by atoms with Gasteiger partial charge >= 0.3 is 0 Å². The maximum Gasteiger partial charge on any atom is 0.218 e. The second-order valence-corrected chi connectivity index (χ2v) is 6.47. The first kappa shape index (κ1) is 14.5. The second-order valence-electron chi connectivity index (χ2n) is 4.52. The molecule has 0 aliphatic heterocycles. The molecular weight excluding hydrogens is 324 g/mol. The second kappa shape index (κ2) is 7.03. The van der Waals surface area contributed by atoms with E-state index >= 15 is 0 Å². The Hall–Kier alpha value is -0.910. The van der Waals surface area contributed by atoms with E-state index in [0.29, 0.717) is 18.5 Å². The molecule has 2 aromatic rings. The number of thiophene rings is 1. The zero-order valence-electron chi connectivity index (χ0n) is 11.0. The van der Waals surface area contributed by atoms with Crippen molar-refractivity contribution in [3.8, 4) is 5.88 Å². The summed E-state index contributed by atoms with van der Waals surface area (Å²) in [5, 5.41) is 5.43. The molecule has 0 aliphatic rings. The fourth-order valence-electron chi connectivity index (χ4n) is 1.57. The number of ether oxygens (including phenoxy) is 1. The van der Waals surface area contributed by atoms with Gasteiger partial charge in [0, 0.05) is 33.7 Å². The van der Waals surface area contributed by atoms with Gasteiger partial charge in [0.1, 0.15) is 6.61 Å². The summed E-state index contributed by atoms with van der Waals surface area (Å²) in [5.41, 5.74) is 1.07. The largest absolute Gasteiger partial charge is 0.472 e. The number of nitrogens with zero attached hydrogens (tertiary/aromatic N) is 1. The molecule has 0 radical (unpaired) electrons. The van der Waals surface area contributed by atoms with Crippen LogP contribution in [0.1, 0.15) is 24.3 Å². The molecular formula is C14H17BrN2OS. The van der Waals surface area contributed by atoms with Crippen LogP contribution in [-0.4, -0.2) is 11.0 Å². The quantitative estimate of drug-likeness (QED) is 0.863. The highest BCUT2D eigenvalue weighted by Gasteiger charge is 2.08. The van der Waals surface area contributed by atoms with Crippen molar-refractivity contribution in [2.24, 2.45) is 0 Å². The third kappa shape index (κ3) is 4.60. The number of pyridine rings is 1. The van der Waals surface area contributed by atoms with Gasteiger partial charge < -0.3 is 10.1 Å². The monoisotopic (exact) mass is 340 g/mol. The van der Waals surface area contributed by atoms with Crippen LogP contribution in [0.15, 0.2) is 34.2 Å². The van der Waals surface area contributed by atoms with Crippen LogP contribution in [0.3, 0.4) is 0 Å². The summed E-state index contributed by atoms with van der Waals surface area (Å²) in [7, 11) is 0. The smallest absolute Gasteiger partial charge is 0.218 e. The molecule has 3 nitrogen and oxygen atoms in total. The average molecular weight is 341 g/mol. The Morgan fingerprint density at radius 2 is 2.32 bits per heavy atom. The molecule has 2 aromatic heterocycles. The molecule has 0 saturated heterocycles. The zero-order chi connectivity index (χ0) is 13.7. The molecule has 102 valence electrons. The van der Waals surface area contributed by atoms with Gasteiger partial charge in [-0.2, -0.15) is 0 Å². The summed E-state index contributed by atoms with van der Waals surface area (Å²) in [5.74, 6) is 0.699. The molecule has 0 saturated carbocycles. The van der Waals surface area contributed by atoms with Crippen LogP contribution in [0.2, 0.25) is 0 Å². The molecule has 2 heterocycles. The lowest BCUT2D eigenvalue weighted by atomic mass is 10.2. The Bertz CT molecular complexity index is 514. The Kier molecular flexibility index (Phi) is 5.36. The van der Waals surface area contributed by atoms with Gasteiger partial charge in [-0.05, 0) is 33.4 Å². The van der Waals surface area contributed by atoms with Gasteiger partial charge in [-0.15, -0.1) is 11.3 Å². The normalized spacial score (nSPS) is 10.9. The van der Waals surface area contributed by atoms with Crippen molar-refractivity contribution < 1.29 is 4.74 Å². The third-order valence-corrected chi connectivity index (χ3v) is 3.81. The van der Waals surface area contributed by atoms with E-state index in [-0.39, 0.29) is 0 Å². The van der Waals surface area contributed by atoms with Crippen molar-refractivity contribution in [2.75, 3.05) is 0 Å². The van der Waals surface area contributed by atoms with Gasteiger partial charge in [0.2, 0.25) is 5.88 Å². The van der Waals surface area contributed by atoms with Crippen LogP contribution in [0, 0.1) is 0 Å². The summed E-state index contributed by atoms with van der Waals surface area (Å²) in [6, 6.07) is 6.57. The number of rotatable bonds is 6. The highest BCUT2D eigenvalue weighted by atomic mass is 79.9. The summed E-state index contributed by atoms with van der Waals surface area (Å²) in [6.07, 6.45) is 1.77. The first-order valence-electron chi connectivity index (χ1n) is 6.18. The summed E-state index contributed by atoms with van der Waals surface area (Å²) < 4.78 is 6.78. The van der Waals surface area contributed by atoms with E-state index < -0.39 is 0 Å². The SMILES string of the molecule is CC(C)NCc1cc(Br)cnc1OCc1cccs1. The van der Waals surface area contributed by atoms with Crippen molar-refractivity contribution in [3.63, 3.8) is 0 Å². The summed E-state index contributed by atoms with van der Waals surface area (Å²) >= 11 is 5.14. The maximum absolute atomic E-state index is 5.81. The summed E-state index contributed by atoms with van der Waals surface area (Å²) in [4.78, 5) is 5.55. The van der Waals surface area contributed by atoms with Gasteiger partial charge in [0.05, 0.1) is 0 Å². The van der Waals surface area contributed by atoms with Crippen molar-refractivity contribution in [1.29, 1.82) is 0 Å². The number of hydrogen-bond donors (Lipinski definition) is 1. The molecule has 0 atom stereocenters. The van der Waals surface area contributed by atoms with Gasteiger partial charge in [-0.3, -0.25) is 0 Å². The Morgan fingerprint density at radius 1 is 1.47 bits per heavy atom. The van der Waals surface area contributed by atoms with Gasteiger partial charge in [0.25, 0.3) is 0 Å². The molecule has 1 N–H and O–H groups in total. The van der Waals surface area contributed by atoms with Gasteiger partial charge in [0.15, 0.2) is 0 Å². The molecule has 0 amide bonds. The minimum Gasteiger partial charge on any atom is -0.472 e. The van der Waals surface area contributed by atoms with Gasteiger partial charge in [-0.25, -0.2) is 4.98 Å². The van der Waals surface area contributed by atoms with Crippen LogP contribution < -0.4 is 10.1 Å². The number of halogens is 1. The number of nitrogens with one attached hydrogen (secondary N) is 1. The van der Waals surface area contributed by atoms with E-state index in [0.717, 1.165) is 16.6 Å². The van der Waals surface area contributed by atoms with Crippen LogP contribution in [0.5, 0.6) is 5.88 Å². The van der Waals surface area contributed by atoms with Crippen LogP contribution in [0.4, 0.5) is 0 Å². The predicted molar refractivity (Wildman–Crippen MR) is 82.6 cm³/mol. The highest BCUT2D eigenvalue weighted by molar-refractivity contribution is 9.10. The van der Waals surface area contributed by atoms with Crippen molar-refractivity contribution in [2.45, 2.75) is 33.0 Å².